The largest absolute Gasteiger partial charge is 0.492 e. The molecule has 3 fully saturated rings. The Bertz CT molecular complexity index is 7620. The number of aromatic amines is 4. The molecular formula is C103H98Cl2FN29O3. The molecule has 138 heavy (non-hydrogen) atoms. The van der Waals surface area contributed by atoms with Gasteiger partial charge in [0.15, 0.2) is 23.3 Å². The number of aromatic nitrogens is 20. The van der Waals surface area contributed by atoms with Gasteiger partial charge in [0.2, 0.25) is 0 Å². The maximum atomic E-state index is 14.9. The van der Waals surface area contributed by atoms with Gasteiger partial charge < -0.3 is 50.2 Å². The second kappa shape index (κ2) is 42.1. The molecule has 35 heteroatoms. The number of nitrogens with one attached hydrogen (secondary N) is 8. The summed E-state index contributed by atoms with van der Waals surface area (Å²) in [6.45, 7) is 13.3. The van der Waals surface area contributed by atoms with Gasteiger partial charge in [0.1, 0.15) is 91.5 Å². The van der Waals surface area contributed by atoms with Crippen LogP contribution in [0.1, 0.15) is 38.5 Å². The van der Waals surface area contributed by atoms with Crippen LogP contribution in [0.15, 0.2) is 251 Å². The van der Waals surface area contributed by atoms with Crippen LogP contribution in [-0.4, -0.2) is 233 Å². The van der Waals surface area contributed by atoms with Crippen LogP contribution >= 0.6 is 23.2 Å². The summed E-state index contributed by atoms with van der Waals surface area (Å²) in [5, 5.41) is 54.1. The molecule has 3 aliphatic rings. The molecule has 0 bridgehead atoms. The number of halogens is 3. The van der Waals surface area contributed by atoms with E-state index >= 15 is 0 Å². The topological polar surface area (TPSA) is 361 Å². The van der Waals surface area contributed by atoms with Crippen LogP contribution in [0.2, 0.25) is 10.0 Å². The monoisotopic (exact) mass is 1880 g/mol. The van der Waals surface area contributed by atoms with Crippen LogP contribution in [0.3, 0.4) is 0 Å². The van der Waals surface area contributed by atoms with Crippen molar-refractivity contribution in [3.8, 4) is 62.8 Å². The molecule has 23 rings (SSSR count). The van der Waals surface area contributed by atoms with Crippen molar-refractivity contribution < 1.29 is 18.6 Å². The van der Waals surface area contributed by atoms with Gasteiger partial charge >= 0.3 is 0 Å². The number of H-pyrrole nitrogens is 4. The third kappa shape index (κ3) is 20.5. The summed E-state index contributed by atoms with van der Waals surface area (Å²) in [4.78, 5) is 66.2. The molecule has 20 aromatic rings. The number of nitrogens with zero attached hydrogens (tertiary/aromatic N) is 21. The molecule has 0 amide bonds. The molecule has 12 aromatic heterocycles. The van der Waals surface area contributed by atoms with Crippen LogP contribution in [0.4, 0.5) is 56.1 Å². The first-order valence-electron chi connectivity index (χ1n) is 46.0. The molecule has 0 saturated carbocycles. The molecule has 0 atom stereocenters. The quantitative estimate of drug-likeness (QED) is 0.0246. The Morgan fingerprint density at radius 2 is 0.725 bits per heavy atom. The number of hydrogen-bond acceptors (Lipinski definition) is 28. The van der Waals surface area contributed by atoms with Crippen LogP contribution in [0.5, 0.6) is 17.2 Å². The molecule has 8 N–H and O–H groups in total. The van der Waals surface area contributed by atoms with Gasteiger partial charge in [-0.1, -0.05) is 84.6 Å². The van der Waals surface area contributed by atoms with Gasteiger partial charge in [-0.3, -0.25) is 50.1 Å². The van der Waals surface area contributed by atoms with Gasteiger partial charge in [0.05, 0.1) is 49.2 Å². The van der Waals surface area contributed by atoms with E-state index in [1.54, 1.807) is 43.1 Å². The first-order valence-corrected chi connectivity index (χ1v) is 46.7. The highest BCUT2D eigenvalue weighted by Crippen LogP contribution is 2.43. The molecular weight excluding hydrogens is 1780 g/mol. The number of ether oxygens (including phenoxy) is 3. The van der Waals surface area contributed by atoms with Gasteiger partial charge in [-0.2, -0.15) is 20.4 Å². The molecule has 3 aliphatic heterocycles. The summed E-state index contributed by atoms with van der Waals surface area (Å²) in [6, 6.07) is 56.4. The van der Waals surface area contributed by atoms with E-state index in [1.807, 2.05) is 183 Å². The Kier molecular flexibility index (Phi) is 27.5. The first kappa shape index (κ1) is 90.2. The lowest BCUT2D eigenvalue weighted by Gasteiger charge is -2.34. The van der Waals surface area contributed by atoms with Crippen molar-refractivity contribution >= 4 is 162 Å². The van der Waals surface area contributed by atoms with Crippen molar-refractivity contribution in [2.24, 2.45) is 0 Å². The summed E-state index contributed by atoms with van der Waals surface area (Å²) >= 11 is 13.4. The van der Waals surface area contributed by atoms with Crippen LogP contribution < -0.4 is 40.4 Å². The molecule has 3 saturated heterocycles. The Labute approximate surface area is 802 Å². The Hall–Kier alpha value is -15.7. The Balaban J connectivity index is 0.000000113. The minimum absolute atomic E-state index is 0.303. The fourth-order valence-electron chi connectivity index (χ4n) is 17.7. The van der Waals surface area contributed by atoms with Crippen molar-refractivity contribution in [1.82, 2.24) is 120 Å². The van der Waals surface area contributed by atoms with Crippen LogP contribution in [0.25, 0.3) is 132 Å². The number of para-hydroxylation sites is 4. The predicted molar refractivity (Wildman–Crippen MR) is 544 cm³/mol. The van der Waals surface area contributed by atoms with Gasteiger partial charge in [-0.25, -0.2) is 44.3 Å². The second-order valence-corrected chi connectivity index (χ2v) is 34.9. The first-order chi connectivity index (χ1) is 67.9. The zero-order chi connectivity index (χ0) is 93.6. The Morgan fingerprint density at radius 1 is 0.362 bits per heavy atom. The second-order valence-electron chi connectivity index (χ2n) is 34.1. The third-order valence-electron chi connectivity index (χ3n) is 24.8. The average Bonchev–Trinajstić information content (AvgIpc) is 0.821. The van der Waals surface area contributed by atoms with Crippen molar-refractivity contribution in [1.29, 1.82) is 0 Å². The number of rotatable bonds is 25. The highest BCUT2D eigenvalue weighted by molar-refractivity contribution is 6.34. The summed E-state index contributed by atoms with van der Waals surface area (Å²) in [5.74, 6) is 6.99. The predicted octanol–water partition coefficient (Wildman–Crippen LogP) is 20.1. The van der Waals surface area contributed by atoms with Crippen molar-refractivity contribution in [2.45, 2.75) is 38.5 Å². The third-order valence-corrected chi connectivity index (χ3v) is 25.4. The summed E-state index contributed by atoms with van der Waals surface area (Å²) in [6.07, 6.45) is 28.2. The van der Waals surface area contributed by atoms with Gasteiger partial charge in [-0.05, 0) is 188 Å². The summed E-state index contributed by atoms with van der Waals surface area (Å²) < 4.78 is 32.5. The smallest absolute Gasteiger partial charge is 0.157 e. The number of anilines is 9. The maximum Gasteiger partial charge on any atom is 0.157 e. The normalized spacial score (nSPS) is 13.7. The van der Waals surface area contributed by atoms with Gasteiger partial charge in [0, 0.05) is 206 Å². The number of fused-ring (bicyclic) bond motifs is 12. The molecule has 0 spiro atoms. The average molecular weight is 1880 g/mol. The number of likely N-dealkylation sites (tertiary alicyclic amines) is 2. The maximum absolute atomic E-state index is 14.9. The highest BCUT2D eigenvalue weighted by atomic mass is 35.5. The van der Waals surface area contributed by atoms with Crippen molar-refractivity contribution in [3.63, 3.8) is 0 Å². The van der Waals surface area contributed by atoms with E-state index in [9.17, 15) is 4.39 Å². The lowest BCUT2D eigenvalue weighted by molar-refractivity contribution is 0.183. The van der Waals surface area contributed by atoms with Gasteiger partial charge in [0.25, 0.3) is 0 Å². The lowest BCUT2D eigenvalue weighted by atomic mass is 10.0. The van der Waals surface area contributed by atoms with Crippen molar-refractivity contribution in [3.05, 3.63) is 267 Å². The fraction of sp³-hybridized carbons (Fsp3) is 0.223. The van der Waals surface area contributed by atoms with E-state index in [1.165, 1.54) is 83.0 Å². The van der Waals surface area contributed by atoms with Crippen molar-refractivity contribution in [2.75, 3.05) is 139 Å². The molecule has 15 heterocycles. The zero-order valence-electron chi connectivity index (χ0n) is 76.1. The van der Waals surface area contributed by atoms with E-state index in [2.05, 4.69) is 141 Å². The molecule has 694 valence electrons. The summed E-state index contributed by atoms with van der Waals surface area (Å²) in [7, 11) is 6.07. The number of hydrogen-bond donors (Lipinski definition) is 8. The van der Waals surface area contributed by atoms with E-state index in [0.717, 1.165) is 202 Å². The zero-order valence-corrected chi connectivity index (χ0v) is 77.6. The minimum atomic E-state index is -0.426. The molecule has 0 unspecified atom stereocenters. The number of piperazine rings is 1. The number of benzene rings is 8. The standard InChI is InChI=1S/C27H26ClN7O.C27H27N7O.C25H23ClN8.C24H22FN7O/c28-23-15-18(36-14-13-35-11-2-1-3-12-35)7-8-24(23)32-27-20-9-10-29-16-22(20)19-5-4-6-21(25(19)33-27)26-30-17-31-34-26;1-2-13-34(14-3-1)15-16-35-20-9-7-19(8-10-20)31-27-22-11-12-28-17-24(22)21-5-4-6-23(25(21)32-27)26-29-18-30-33-26;1-33-9-11-34(12-10-33)16-5-6-22(21(26)13-16)30-25-18-7-8-27-14-20(18)17-3-2-4-19(23(17)31-25)24-28-15-29-32-24;1-32(2)10-11-33-15-6-7-21(20(25)12-15)29-24-17-8-9-26-13-19(17)16-4-3-5-18(22(16)30-24)23-27-14-28-31-23/h4-10,15-17H,1-3,11-14H2,(H,32,33)(H,30,31,34);4-12,17-18H,1-3,13-16H2,(H,31,32)(H,29,30,33);2-8,13-15H,9-12H2,1H3,(H,30,31)(H,28,29,32);3-9,12-14H,10-11H2,1-2H3,(H,29,30)(H,27,28,31). The SMILES string of the molecule is CN(C)CCOc1ccc(Nc2nc3c(-c4ncn[nH]4)cccc3c3cnccc23)c(F)c1.CN1CCN(c2ccc(Nc3nc4c(-c5ncn[nH]5)cccc4c4cnccc34)c(Cl)c2)CC1.Clc1cc(OCCN2CCCCC2)ccc1Nc1nc2c(-c3ncn[nH]3)cccc2c2cnccc12.c1cc(-c2ncn[nH]2)c2nc(Nc3ccc(OCCN4CCCCC4)cc3)c3ccncc3c2c1. The van der Waals surface area contributed by atoms with E-state index < -0.39 is 5.82 Å². The number of pyridine rings is 8. The van der Waals surface area contributed by atoms with E-state index in [-0.39, 0.29) is 0 Å². The van der Waals surface area contributed by atoms with E-state index in [0.29, 0.717) is 87.6 Å². The fourth-order valence-corrected chi connectivity index (χ4v) is 18.1. The minimum Gasteiger partial charge on any atom is -0.492 e. The van der Waals surface area contributed by atoms with E-state index in [4.69, 9.17) is 57.3 Å². The lowest BCUT2D eigenvalue weighted by Crippen LogP contribution is -2.44. The Morgan fingerprint density at radius 3 is 1.11 bits per heavy atom. The van der Waals surface area contributed by atoms with Crippen LogP contribution in [-0.2, 0) is 0 Å². The summed E-state index contributed by atoms with van der Waals surface area (Å²) in [5.41, 5.74) is 10.5. The van der Waals surface area contributed by atoms with Gasteiger partial charge in [-0.15, -0.1) is 0 Å². The number of piperidine rings is 2. The highest BCUT2D eigenvalue weighted by Gasteiger charge is 2.24. The molecule has 0 aliphatic carbocycles. The number of likely N-dealkylation sites (N-methyl/N-ethyl adjacent to an activating group) is 2. The molecule has 0 radical (unpaired) electrons. The molecule has 8 aromatic carbocycles. The van der Waals surface area contributed by atoms with Crippen LogP contribution in [0, 0.1) is 5.82 Å². The molecule has 32 nitrogen and oxygen atoms in total.